The molecular weight excluding hydrogens is 312 g/mol. The van der Waals surface area contributed by atoms with Crippen molar-refractivity contribution in [1.82, 2.24) is 10.3 Å². The van der Waals surface area contributed by atoms with E-state index in [1.54, 1.807) is 13.1 Å². The number of rotatable bonds is 7. The van der Waals surface area contributed by atoms with Crippen molar-refractivity contribution in [3.05, 3.63) is 36.5 Å². The van der Waals surface area contributed by atoms with E-state index in [0.29, 0.717) is 5.13 Å². The van der Waals surface area contributed by atoms with Gasteiger partial charge in [-0.25, -0.2) is 4.98 Å². The number of nitrogens with one attached hydrogen (secondary N) is 2. The van der Waals surface area contributed by atoms with E-state index in [0.717, 1.165) is 10.4 Å². The van der Waals surface area contributed by atoms with Gasteiger partial charge in [-0.15, -0.1) is 0 Å². The average molecular weight is 330 g/mol. The van der Waals surface area contributed by atoms with Crippen molar-refractivity contribution in [3.63, 3.8) is 0 Å². The molecule has 23 heavy (non-hydrogen) atoms. The third-order valence-corrected chi connectivity index (χ3v) is 4.31. The molecule has 0 aliphatic rings. The summed E-state index contributed by atoms with van der Waals surface area (Å²) in [5, 5.41) is 14.5. The van der Waals surface area contributed by atoms with E-state index in [4.69, 9.17) is 10.00 Å². The number of anilines is 1. The molecule has 0 saturated heterocycles. The second kappa shape index (κ2) is 7.72. The lowest BCUT2D eigenvalue weighted by molar-refractivity contribution is -0.127. The summed E-state index contributed by atoms with van der Waals surface area (Å²) in [6, 6.07) is 9.84. The van der Waals surface area contributed by atoms with Crippen molar-refractivity contribution in [2.45, 2.75) is 6.92 Å². The van der Waals surface area contributed by atoms with Gasteiger partial charge in [0.2, 0.25) is 5.91 Å². The molecule has 2 N–H and O–H groups in total. The topological polar surface area (TPSA) is 87.0 Å². The number of ether oxygens (including phenoxy) is 1. The second-order valence-corrected chi connectivity index (χ2v) is 6.34. The Hall–Kier alpha value is -2.43. The summed E-state index contributed by atoms with van der Waals surface area (Å²) in [5.74, 6) is -0.240. The van der Waals surface area contributed by atoms with Crippen LogP contribution in [0.3, 0.4) is 0 Å². The molecule has 1 aromatic heterocycles. The zero-order valence-corrected chi connectivity index (χ0v) is 13.8. The SMILES string of the molecule is COCC(C)(CNC#N)C(=O)Nc1ncc(-c2ccccc2)s1. The minimum absolute atomic E-state index is 0.195. The number of amides is 1. The number of thiazole rings is 1. The predicted octanol–water partition coefficient (Wildman–Crippen LogP) is 2.47. The molecule has 1 heterocycles. The molecule has 0 radical (unpaired) electrons. The lowest BCUT2D eigenvalue weighted by Crippen LogP contribution is -2.44. The van der Waals surface area contributed by atoms with E-state index in [-0.39, 0.29) is 19.1 Å². The van der Waals surface area contributed by atoms with Gasteiger partial charge in [0.05, 0.1) is 16.9 Å². The fourth-order valence-electron chi connectivity index (χ4n) is 2.07. The number of carbonyl (C=O) groups is 1. The van der Waals surface area contributed by atoms with Gasteiger partial charge in [0, 0.05) is 19.9 Å². The lowest BCUT2D eigenvalue weighted by Gasteiger charge is -2.26. The van der Waals surface area contributed by atoms with E-state index in [9.17, 15) is 4.79 Å². The van der Waals surface area contributed by atoms with E-state index in [2.05, 4.69) is 15.6 Å². The predicted molar refractivity (Wildman–Crippen MR) is 89.8 cm³/mol. The molecule has 1 atom stereocenters. The molecule has 0 spiro atoms. The summed E-state index contributed by atoms with van der Waals surface area (Å²) in [6.45, 7) is 2.13. The van der Waals surface area contributed by atoms with Crippen LogP contribution < -0.4 is 10.6 Å². The molecule has 0 aliphatic carbocycles. The van der Waals surface area contributed by atoms with Crippen LogP contribution in [0, 0.1) is 16.9 Å². The van der Waals surface area contributed by atoms with Gasteiger partial charge in [0.1, 0.15) is 0 Å². The standard InChI is InChI=1S/C16H18N4O2S/c1-16(10-22-2,9-18-11-17)14(21)20-15-19-8-13(23-15)12-6-4-3-5-7-12/h3-8,18H,9-10H2,1-2H3,(H,19,20,21). The Labute approximate surface area is 139 Å². The van der Waals surface area contributed by atoms with Crippen LogP contribution in [0.4, 0.5) is 5.13 Å². The van der Waals surface area contributed by atoms with E-state index in [1.165, 1.54) is 18.4 Å². The second-order valence-electron chi connectivity index (χ2n) is 5.31. The highest BCUT2D eigenvalue weighted by Crippen LogP contribution is 2.29. The zero-order valence-electron chi connectivity index (χ0n) is 13.0. The summed E-state index contributed by atoms with van der Waals surface area (Å²) in [5.41, 5.74) is 0.194. The number of carbonyl (C=O) groups excluding carboxylic acids is 1. The van der Waals surface area contributed by atoms with Crippen LogP contribution in [0.1, 0.15) is 6.92 Å². The molecule has 7 heteroatoms. The smallest absolute Gasteiger partial charge is 0.236 e. The molecule has 0 saturated carbocycles. The molecule has 1 amide bonds. The summed E-state index contributed by atoms with van der Waals surface area (Å²) < 4.78 is 5.11. The van der Waals surface area contributed by atoms with Crippen molar-refractivity contribution < 1.29 is 9.53 Å². The number of benzene rings is 1. The molecule has 0 aliphatic heterocycles. The maximum absolute atomic E-state index is 12.5. The Balaban J connectivity index is 2.10. The van der Waals surface area contributed by atoms with Crippen LogP contribution in [0.5, 0.6) is 0 Å². The van der Waals surface area contributed by atoms with Crippen molar-refractivity contribution in [3.8, 4) is 16.6 Å². The molecule has 1 aromatic carbocycles. The number of hydrogen-bond donors (Lipinski definition) is 2. The first kappa shape index (κ1) is 16.9. The quantitative estimate of drug-likeness (QED) is 0.601. The van der Waals surface area contributed by atoms with Gasteiger partial charge in [-0.2, -0.15) is 5.26 Å². The van der Waals surface area contributed by atoms with Crippen molar-refractivity contribution >= 4 is 22.4 Å². The third-order valence-electron chi connectivity index (χ3n) is 3.35. The van der Waals surface area contributed by atoms with Gasteiger partial charge < -0.3 is 15.4 Å². The minimum Gasteiger partial charge on any atom is -0.384 e. The number of aromatic nitrogens is 1. The Morgan fingerprint density at radius 2 is 2.17 bits per heavy atom. The highest BCUT2D eigenvalue weighted by Gasteiger charge is 2.34. The number of hydrogen-bond acceptors (Lipinski definition) is 6. The first-order valence-corrected chi connectivity index (χ1v) is 7.84. The molecular formula is C16H18N4O2S. The highest BCUT2D eigenvalue weighted by atomic mass is 32.1. The first-order chi connectivity index (χ1) is 11.1. The summed E-state index contributed by atoms with van der Waals surface area (Å²) in [6.07, 6.45) is 3.56. The first-order valence-electron chi connectivity index (χ1n) is 7.02. The Morgan fingerprint density at radius 3 is 2.83 bits per heavy atom. The largest absolute Gasteiger partial charge is 0.384 e. The molecule has 1 unspecified atom stereocenters. The van der Waals surface area contributed by atoms with Crippen LogP contribution in [0.2, 0.25) is 0 Å². The number of nitrogens with zero attached hydrogens (tertiary/aromatic N) is 2. The van der Waals surface area contributed by atoms with Gasteiger partial charge in [-0.05, 0) is 12.5 Å². The average Bonchev–Trinajstić information content (AvgIpc) is 3.02. The normalized spacial score (nSPS) is 12.9. The minimum atomic E-state index is -0.858. The van der Waals surface area contributed by atoms with Gasteiger partial charge >= 0.3 is 0 Å². The molecule has 0 fully saturated rings. The summed E-state index contributed by atoms with van der Waals surface area (Å²) in [7, 11) is 1.52. The Morgan fingerprint density at radius 1 is 1.43 bits per heavy atom. The maximum atomic E-state index is 12.5. The van der Waals surface area contributed by atoms with Crippen LogP contribution in [-0.2, 0) is 9.53 Å². The van der Waals surface area contributed by atoms with Gasteiger partial charge in [0.25, 0.3) is 0 Å². The van der Waals surface area contributed by atoms with E-state index in [1.807, 2.05) is 36.5 Å². The van der Waals surface area contributed by atoms with Crippen LogP contribution in [-0.4, -0.2) is 31.2 Å². The number of nitriles is 1. The van der Waals surface area contributed by atoms with Crippen LogP contribution in [0.15, 0.2) is 36.5 Å². The fourth-order valence-corrected chi connectivity index (χ4v) is 2.88. The lowest BCUT2D eigenvalue weighted by atomic mass is 9.90. The van der Waals surface area contributed by atoms with Crippen LogP contribution in [0.25, 0.3) is 10.4 Å². The van der Waals surface area contributed by atoms with E-state index < -0.39 is 5.41 Å². The molecule has 2 rings (SSSR count). The zero-order chi connectivity index (χ0) is 16.7. The molecule has 2 aromatic rings. The Kier molecular flexibility index (Phi) is 5.68. The van der Waals surface area contributed by atoms with E-state index >= 15 is 0 Å². The third kappa shape index (κ3) is 4.28. The van der Waals surface area contributed by atoms with Gasteiger partial charge in [-0.3, -0.25) is 4.79 Å². The molecule has 120 valence electrons. The Bertz CT molecular complexity index is 696. The summed E-state index contributed by atoms with van der Waals surface area (Å²) >= 11 is 1.40. The highest BCUT2D eigenvalue weighted by molar-refractivity contribution is 7.19. The summed E-state index contributed by atoms with van der Waals surface area (Å²) in [4.78, 5) is 17.7. The van der Waals surface area contributed by atoms with Gasteiger partial charge in [-0.1, -0.05) is 41.7 Å². The molecule has 0 bridgehead atoms. The fraction of sp³-hybridized carbons (Fsp3) is 0.312. The molecule has 6 nitrogen and oxygen atoms in total. The van der Waals surface area contributed by atoms with Crippen molar-refractivity contribution in [2.24, 2.45) is 5.41 Å². The number of methoxy groups -OCH3 is 1. The maximum Gasteiger partial charge on any atom is 0.236 e. The van der Waals surface area contributed by atoms with Gasteiger partial charge in [0.15, 0.2) is 11.3 Å². The van der Waals surface area contributed by atoms with Crippen LogP contribution >= 0.6 is 11.3 Å². The van der Waals surface area contributed by atoms with Crippen molar-refractivity contribution in [1.29, 1.82) is 5.26 Å². The van der Waals surface area contributed by atoms with Crippen molar-refractivity contribution in [2.75, 3.05) is 25.6 Å². The monoisotopic (exact) mass is 330 g/mol.